The zero-order valence-corrected chi connectivity index (χ0v) is 12.7. The van der Waals surface area contributed by atoms with Crippen molar-refractivity contribution in [2.45, 2.75) is 37.8 Å². The van der Waals surface area contributed by atoms with E-state index in [0.717, 1.165) is 50.9 Å². The largest absolute Gasteiger partial charge is 0.480 e. The van der Waals surface area contributed by atoms with Crippen LogP contribution in [0.5, 0.6) is 0 Å². The number of likely N-dealkylation sites (tertiary alicyclic amines) is 1. The van der Waals surface area contributed by atoms with Gasteiger partial charge in [0.1, 0.15) is 6.04 Å². The van der Waals surface area contributed by atoms with E-state index in [1.54, 1.807) is 0 Å². The first-order valence-corrected chi connectivity index (χ1v) is 7.91. The van der Waals surface area contributed by atoms with Crippen molar-refractivity contribution in [3.05, 3.63) is 35.4 Å². The van der Waals surface area contributed by atoms with Gasteiger partial charge in [0.2, 0.25) is 0 Å². The summed E-state index contributed by atoms with van der Waals surface area (Å²) in [4.78, 5) is 16.5. The number of rotatable bonds is 2. The fourth-order valence-corrected chi connectivity index (χ4v) is 3.81. The van der Waals surface area contributed by atoms with Gasteiger partial charge in [0.25, 0.3) is 0 Å². The second-order valence-electron chi connectivity index (χ2n) is 6.32. The van der Waals surface area contributed by atoms with Crippen LogP contribution in [0.1, 0.15) is 36.4 Å². The Bertz CT molecular complexity index is 517. The molecule has 2 atom stereocenters. The summed E-state index contributed by atoms with van der Waals surface area (Å²) in [7, 11) is 2.16. The fraction of sp³-hybridized carbons (Fsp3) is 0.588. The maximum atomic E-state index is 11.9. The number of aliphatic carboxylic acids is 1. The topological polar surface area (TPSA) is 43.8 Å². The summed E-state index contributed by atoms with van der Waals surface area (Å²) in [6.07, 6.45) is 4.30. The van der Waals surface area contributed by atoms with E-state index in [2.05, 4.69) is 22.9 Å². The maximum absolute atomic E-state index is 11.9. The highest BCUT2D eigenvalue weighted by molar-refractivity contribution is 5.76. The van der Waals surface area contributed by atoms with Gasteiger partial charge in [0.15, 0.2) is 0 Å². The van der Waals surface area contributed by atoms with Gasteiger partial charge in [0, 0.05) is 12.6 Å². The number of nitrogens with zero attached hydrogens (tertiary/aromatic N) is 2. The molecule has 1 fully saturated rings. The average molecular weight is 288 g/mol. The molecule has 1 aromatic carbocycles. The smallest absolute Gasteiger partial charge is 0.325 e. The molecule has 4 heteroatoms. The van der Waals surface area contributed by atoms with Crippen molar-refractivity contribution >= 4 is 5.97 Å². The molecule has 0 aromatic heterocycles. The van der Waals surface area contributed by atoms with Crippen LogP contribution in [-0.4, -0.2) is 53.6 Å². The summed E-state index contributed by atoms with van der Waals surface area (Å²) in [5.41, 5.74) is 2.20. The maximum Gasteiger partial charge on any atom is 0.325 e. The Labute approximate surface area is 126 Å². The van der Waals surface area contributed by atoms with Crippen molar-refractivity contribution in [3.8, 4) is 0 Å². The number of carboxylic acids is 1. The first-order chi connectivity index (χ1) is 10.2. The second kappa shape index (κ2) is 6.16. The van der Waals surface area contributed by atoms with Crippen LogP contribution in [0, 0.1) is 0 Å². The number of hydrogen-bond acceptors (Lipinski definition) is 3. The first kappa shape index (κ1) is 14.5. The number of carbonyl (C=O) groups is 1. The molecule has 0 saturated carbocycles. The van der Waals surface area contributed by atoms with Gasteiger partial charge < -0.3 is 10.0 Å². The molecule has 0 bridgehead atoms. The van der Waals surface area contributed by atoms with Gasteiger partial charge in [-0.15, -0.1) is 0 Å². The lowest BCUT2D eigenvalue weighted by Crippen LogP contribution is -2.46. The highest BCUT2D eigenvalue weighted by Crippen LogP contribution is 2.33. The Hall–Kier alpha value is -1.39. The summed E-state index contributed by atoms with van der Waals surface area (Å²) in [5, 5.41) is 9.76. The summed E-state index contributed by atoms with van der Waals surface area (Å²) in [6.45, 7) is 3.05. The summed E-state index contributed by atoms with van der Waals surface area (Å²) >= 11 is 0. The van der Waals surface area contributed by atoms with Crippen LogP contribution in [0.15, 0.2) is 24.3 Å². The Balaban J connectivity index is 1.86. The molecule has 3 rings (SSSR count). The zero-order chi connectivity index (χ0) is 14.8. The van der Waals surface area contributed by atoms with Crippen LogP contribution in [0.4, 0.5) is 0 Å². The van der Waals surface area contributed by atoms with Crippen LogP contribution in [-0.2, 0) is 11.2 Å². The van der Waals surface area contributed by atoms with Crippen molar-refractivity contribution in [3.63, 3.8) is 0 Å². The lowest BCUT2D eigenvalue weighted by molar-refractivity contribution is -0.145. The standard InChI is InChI=1S/C17H24N2O2/c1-18-10-4-6-14(9-11-18)19-12-8-13-5-2-3-7-15(13)16(19)17(20)21/h2-3,5,7,14,16H,4,6,8-12H2,1H3,(H,20,21). The third-order valence-corrected chi connectivity index (χ3v) is 4.94. The summed E-state index contributed by atoms with van der Waals surface area (Å²) in [6, 6.07) is 7.95. The van der Waals surface area contributed by atoms with Crippen LogP contribution in [0.2, 0.25) is 0 Å². The van der Waals surface area contributed by atoms with E-state index in [-0.39, 0.29) is 0 Å². The van der Waals surface area contributed by atoms with Crippen molar-refractivity contribution in [1.29, 1.82) is 0 Å². The Morgan fingerprint density at radius 3 is 2.81 bits per heavy atom. The Kier molecular flexibility index (Phi) is 4.27. The number of fused-ring (bicyclic) bond motifs is 1. The van der Waals surface area contributed by atoms with Crippen LogP contribution in [0.25, 0.3) is 0 Å². The molecular formula is C17H24N2O2. The van der Waals surface area contributed by atoms with E-state index in [1.165, 1.54) is 5.56 Å². The fourth-order valence-electron chi connectivity index (χ4n) is 3.81. The van der Waals surface area contributed by atoms with Gasteiger partial charge in [-0.25, -0.2) is 0 Å². The molecule has 0 radical (unpaired) electrons. The molecular weight excluding hydrogens is 264 g/mol. The second-order valence-corrected chi connectivity index (χ2v) is 6.32. The molecule has 21 heavy (non-hydrogen) atoms. The van der Waals surface area contributed by atoms with Crippen molar-refractivity contribution < 1.29 is 9.90 Å². The highest BCUT2D eigenvalue weighted by atomic mass is 16.4. The van der Waals surface area contributed by atoms with Crippen molar-refractivity contribution in [1.82, 2.24) is 9.80 Å². The van der Waals surface area contributed by atoms with E-state index in [0.29, 0.717) is 6.04 Å². The molecule has 2 aliphatic heterocycles. The van der Waals surface area contributed by atoms with Crippen LogP contribution < -0.4 is 0 Å². The third-order valence-electron chi connectivity index (χ3n) is 4.94. The van der Waals surface area contributed by atoms with Gasteiger partial charge in [-0.2, -0.15) is 0 Å². The molecule has 2 unspecified atom stereocenters. The van der Waals surface area contributed by atoms with Gasteiger partial charge in [-0.05, 0) is 56.9 Å². The minimum atomic E-state index is -0.709. The van der Waals surface area contributed by atoms with E-state index in [1.807, 2.05) is 18.2 Å². The molecule has 0 aliphatic carbocycles. The van der Waals surface area contributed by atoms with Crippen LogP contribution in [0.3, 0.4) is 0 Å². The number of hydrogen-bond donors (Lipinski definition) is 1. The molecule has 0 amide bonds. The molecule has 4 nitrogen and oxygen atoms in total. The predicted molar refractivity (Wildman–Crippen MR) is 82.4 cm³/mol. The van der Waals surface area contributed by atoms with Crippen LogP contribution >= 0.6 is 0 Å². The van der Waals surface area contributed by atoms with Gasteiger partial charge in [-0.1, -0.05) is 24.3 Å². The molecule has 1 aromatic rings. The van der Waals surface area contributed by atoms with Crippen molar-refractivity contribution in [2.24, 2.45) is 0 Å². The number of benzene rings is 1. The lowest BCUT2D eigenvalue weighted by Gasteiger charge is -2.40. The van der Waals surface area contributed by atoms with E-state index >= 15 is 0 Å². The molecule has 0 spiro atoms. The quantitative estimate of drug-likeness (QED) is 0.905. The van der Waals surface area contributed by atoms with Gasteiger partial charge in [0.05, 0.1) is 0 Å². The minimum Gasteiger partial charge on any atom is -0.480 e. The van der Waals surface area contributed by atoms with Gasteiger partial charge in [-0.3, -0.25) is 9.69 Å². The minimum absolute atomic E-state index is 0.393. The van der Waals surface area contributed by atoms with E-state index in [9.17, 15) is 9.90 Å². The normalized spacial score (nSPS) is 27.9. The lowest BCUT2D eigenvalue weighted by atomic mass is 9.90. The monoisotopic (exact) mass is 288 g/mol. The van der Waals surface area contributed by atoms with Gasteiger partial charge >= 0.3 is 5.97 Å². The molecule has 2 heterocycles. The number of carboxylic acid groups (broad SMARTS) is 1. The zero-order valence-electron chi connectivity index (χ0n) is 12.7. The van der Waals surface area contributed by atoms with E-state index in [4.69, 9.17) is 0 Å². The average Bonchev–Trinajstić information content (AvgIpc) is 2.70. The first-order valence-electron chi connectivity index (χ1n) is 7.91. The van der Waals surface area contributed by atoms with E-state index < -0.39 is 12.0 Å². The third kappa shape index (κ3) is 2.97. The summed E-state index contributed by atoms with van der Waals surface area (Å²) in [5.74, 6) is -0.709. The highest BCUT2D eigenvalue weighted by Gasteiger charge is 2.36. The summed E-state index contributed by atoms with van der Waals surface area (Å²) < 4.78 is 0. The molecule has 2 aliphatic rings. The molecule has 114 valence electrons. The Morgan fingerprint density at radius 1 is 1.19 bits per heavy atom. The van der Waals surface area contributed by atoms with Crippen molar-refractivity contribution in [2.75, 3.05) is 26.7 Å². The predicted octanol–water partition coefficient (Wildman–Crippen LogP) is 2.15. The molecule has 1 N–H and O–H groups in total. The Morgan fingerprint density at radius 2 is 2.00 bits per heavy atom. The SMILES string of the molecule is CN1CCCC(N2CCc3ccccc3C2C(=O)O)CC1. The molecule has 1 saturated heterocycles.